The highest BCUT2D eigenvalue weighted by molar-refractivity contribution is 5.98. The molecule has 0 aliphatic carbocycles. The van der Waals surface area contributed by atoms with Gasteiger partial charge in [0, 0.05) is 11.1 Å². The average Bonchev–Trinajstić information content (AvgIpc) is 2.75. The van der Waals surface area contributed by atoms with E-state index in [0.29, 0.717) is 23.5 Å². The van der Waals surface area contributed by atoms with Gasteiger partial charge >= 0.3 is 5.97 Å². The lowest BCUT2D eigenvalue weighted by atomic mass is 10.0. The highest BCUT2D eigenvalue weighted by atomic mass is 16.5. The molecule has 0 fully saturated rings. The molecule has 1 amide bonds. The van der Waals surface area contributed by atoms with E-state index in [-0.39, 0.29) is 18.9 Å². The number of ether oxygens (including phenoxy) is 2. The van der Waals surface area contributed by atoms with E-state index in [1.807, 2.05) is 19.1 Å². The van der Waals surface area contributed by atoms with Gasteiger partial charge in [0.05, 0.1) is 6.61 Å². The Hall–Kier alpha value is -3.15. The number of nitrogens with one attached hydrogen (secondary N) is 1. The lowest BCUT2D eigenvalue weighted by Crippen LogP contribution is -2.31. The molecule has 1 N–H and O–H groups in total. The van der Waals surface area contributed by atoms with Crippen LogP contribution in [-0.4, -0.2) is 37.4 Å². The third-order valence-electron chi connectivity index (χ3n) is 4.28. The first-order chi connectivity index (χ1) is 14.0. The number of hydrogen-bond donors (Lipinski definition) is 1. The van der Waals surface area contributed by atoms with Gasteiger partial charge in [0.1, 0.15) is 12.3 Å². The number of aryl methyl sites for hydroxylation is 1. The minimum atomic E-state index is -0.669. The van der Waals surface area contributed by atoms with Crippen LogP contribution in [0.15, 0.2) is 48.5 Å². The van der Waals surface area contributed by atoms with Crippen LogP contribution < -0.4 is 10.1 Å². The summed E-state index contributed by atoms with van der Waals surface area (Å²) in [4.78, 5) is 36.0. The Morgan fingerprint density at radius 2 is 1.55 bits per heavy atom. The topological polar surface area (TPSA) is 81.7 Å². The molecule has 0 aliphatic rings. The first kappa shape index (κ1) is 22.1. The van der Waals surface area contributed by atoms with E-state index >= 15 is 0 Å². The van der Waals surface area contributed by atoms with Crippen LogP contribution in [0.5, 0.6) is 5.75 Å². The summed E-state index contributed by atoms with van der Waals surface area (Å²) in [6, 6.07) is 13.9. The molecule has 0 heterocycles. The number of amides is 1. The molecule has 0 atom stereocenters. The van der Waals surface area contributed by atoms with Crippen LogP contribution in [0.3, 0.4) is 0 Å². The number of esters is 1. The Bertz CT molecular complexity index is 812. The molecule has 6 heteroatoms. The fraction of sp³-hybridized carbons (Fsp3) is 0.348. The van der Waals surface area contributed by atoms with Gasteiger partial charge in [-0.15, -0.1) is 0 Å². The average molecular weight is 397 g/mol. The zero-order valence-corrected chi connectivity index (χ0v) is 16.9. The molecule has 0 aromatic heterocycles. The van der Waals surface area contributed by atoms with E-state index in [1.165, 1.54) is 5.56 Å². The zero-order valence-electron chi connectivity index (χ0n) is 16.9. The summed E-state index contributed by atoms with van der Waals surface area (Å²) in [5, 5.41) is 2.48. The van der Waals surface area contributed by atoms with Gasteiger partial charge in [-0.3, -0.25) is 14.4 Å². The number of benzene rings is 2. The van der Waals surface area contributed by atoms with Crippen LogP contribution in [0, 0.1) is 0 Å². The Morgan fingerprint density at radius 1 is 0.897 bits per heavy atom. The lowest BCUT2D eigenvalue weighted by molar-refractivity contribution is -0.141. The third-order valence-corrected chi connectivity index (χ3v) is 4.28. The van der Waals surface area contributed by atoms with E-state index in [4.69, 9.17) is 9.47 Å². The third kappa shape index (κ3) is 7.41. The number of ketones is 1. The van der Waals surface area contributed by atoms with Crippen LogP contribution >= 0.6 is 0 Å². The van der Waals surface area contributed by atoms with Gasteiger partial charge in [0.25, 0.3) is 5.91 Å². The molecule has 0 unspecified atom stereocenters. The number of rotatable bonds is 11. The fourth-order valence-electron chi connectivity index (χ4n) is 2.64. The standard InChI is InChI=1S/C23H27NO5/c1-3-5-6-17-7-9-18(10-8-17)21(25)16-29-22(26)15-24-23(27)19-11-13-20(14-12-19)28-4-2/h7-14H,3-6,15-16H2,1-2H3,(H,24,27). The van der Waals surface area contributed by atoms with E-state index in [2.05, 4.69) is 12.2 Å². The van der Waals surface area contributed by atoms with Crippen molar-refractivity contribution in [2.24, 2.45) is 0 Å². The fourth-order valence-corrected chi connectivity index (χ4v) is 2.64. The van der Waals surface area contributed by atoms with Crippen LogP contribution in [0.1, 0.15) is 53.0 Å². The molecule has 29 heavy (non-hydrogen) atoms. The second-order valence-corrected chi connectivity index (χ2v) is 6.52. The summed E-state index contributed by atoms with van der Waals surface area (Å²) in [6.45, 7) is 3.88. The summed E-state index contributed by atoms with van der Waals surface area (Å²) in [7, 11) is 0. The van der Waals surface area contributed by atoms with E-state index in [1.54, 1.807) is 36.4 Å². The summed E-state index contributed by atoms with van der Waals surface area (Å²) >= 11 is 0. The molecule has 154 valence electrons. The van der Waals surface area contributed by atoms with Crippen molar-refractivity contribution in [3.8, 4) is 5.75 Å². The Kier molecular flexibility index (Phi) is 8.89. The van der Waals surface area contributed by atoms with Gasteiger partial charge in [0.2, 0.25) is 0 Å². The zero-order chi connectivity index (χ0) is 21.1. The predicted octanol–water partition coefficient (Wildman–Crippen LogP) is 3.58. The SMILES string of the molecule is CCCCc1ccc(C(=O)COC(=O)CNC(=O)c2ccc(OCC)cc2)cc1. The molecule has 0 radical (unpaired) electrons. The smallest absolute Gasteiger partial charge is 0.325 e. The van der Waals surface area contributed by atoms with Crippen LogP contribution in [-0.2, 0) is 16.0 Å². The van der Waals surface area contributed by atoms with Crippen LogP contribution in [0.2, 0.25) is 0 Å². The number of carbonyl (C=O) groups excluding carboxylic acids is 3. The van der Waals surface area contributed by atoms with Crippen molar-refractivity contribution in [1.82, 2.24) is 5.32 Å². The molecule has 2 aromatic carbocycles. The molecular formula is C23H27NO5. The van der Waals surface area contributed by atoms with E-state index in [0.717, 1.165) is 19.3 Å². The van der Waals surface area contributed by atoms with E-state index in [9.17, 15) is 14.4 Å². The molecular weight excluding hydrogens is 370 g/mol. The maximum absolute atomic E-state index is 12.1. The number of unbranched alkanes of at least 4 members (excludes halogenated alkanes) is 1. The highest BCUT2D eigenvalue weighted by Crippen LogP contribution is 2.12. The molecule has 0 saturated heterocycles. The number of Topliss-reactive ketones (excluding diaryl/α,β-unsaturated/α-hetero) is 1. The highest BCUT2D eigenvalue weighted by Gasteiger charge is 2.12. The van der Waals surface area contributed by atoms with Gasteiger partial charge in [0.15, 0.2) is 12.4 Å². The molecule has 0 bridgehead atoms. The van der Waals surface area contributed by atoms with Crippen molar-refractivity contribution in [2.75, 3.05) is 19.8 Å². The Morgan fingerprint density at radius 3 is 2.17 bits per heavy atom. The van der Waals surface area contributed by atoms with Gasteiger partial charge in [-0.2, -0.15) is 0 Å². The van der Waals surface area contributed by atoms with Gasteiger partial charge in [-0.05, 0) is 49.6 Å². The van der Waals surface area contributed by atoms with E-state index < -0.39 is 11.9 Å². The van der Waals surface area contributed by atoms with Gasteiger partial charge in [-0.25, -0.2) is 0 Å². The van der Waals surface area contributed by atoms with Crippen molar-refractivity contribution in [3.63, 3.8) is 0 Å². The Labute approximate surface area is 171 Å². The van der Waals surface area contributed by atoms with Crippen LogP contribution in [0.4, 0.5) is 0 Å². The van der Waals surface area contributed by atoms with Crippen molar-refractivity contribution < 1.29 is 23.9 Å². The summed E-state index contributed by atoms with van der Waals surface area (Å²) in [5.41, 5.74) is 2.08. The molecule has 2 aromatic rings. The first-order valence-corrected chi connectivity index (χ1v) is 9.82. The molecule has 0 saturated carbocycles. The lowest BCUT2D eigenvalue weighted by Gasteiger charge is -2.08. The van der Waals surface area contributed by atoms with Crippen molar-refractivity contribution in [3.05, 3.63) is 65.2 Å². The van der Waals surface area contributed by atoms with Gasteiger partial charge in [-0.1, -0.05) is 37.6 Å². The minimum Gasteiger partial charge on any atom is -0.494 e. The maximum atomic E-state index is 12.1. The summed E-state index contributed by atoms with van der Waals surface area (Å²) in [5.74, 6) is -0.685. The summed E-state index contributed by atoms with van der Waals surface area (Å²) in [6.07, 6.45) is 3.20. The molecule has 0 spiro atoms. The number of carbonyl (C=O) groups is 3. The molecule has 0 aliphatic heterocycles. The number of hydrogen-bond acceptors (Lipinski definition) is 5. The normalized spacial score (nSPS) is 10.3. The predicted molar refractivity (Wildman–Crippen MR) is 110 cm³/mol. The van der Waals surface area contributed by atoms with Crippen molar-refractivity contribution in [1.29, 1.82) is 0 Å². The van der Waals surface area contributed by atoms with Crippen molar-refractivity contribution >= 4 is 17.7 Å². The first-order valence-electron chi connectivity index (χ1n) is 9.82. The summed E-state index contributed by atoms with van der Waals surface area (Å²) < 4.78 is 10.3. The minimum absolute atomic E-state index is 0.279. The van der Waals surface area contributed by atoms with Crippen molar-refractivity contribution in [2.45, 2.75) is 33.1 Å². The largest absolute Gasteiger partial charge is 0.494 e. The van der Waals surface area contributed by atoms with Crippen LogP contribution in [0.25, 0.3) is 0 Å². The second kappa shape index (κ2) is 11.6. The molecule has 6 nitrogen and oxygen atoms in total. The quantitative estimate of drug-likeness (QED) is 0.463. The molecule has 2 rings (SSSR count). The Balaban J connectivity index is 1.74. The second-order valence-electron chi connectivity index (χ2n) is 6.52. The monoisotopic (exact) mass is 397 g/mol. The van der Waals surface area contributed by atoms with Gasteiger partial charge < -0.3 is 14.8 Å². The maximum Gasteiger partial charge on any atom is 0.325 e.